The van der Waals surface area contributed by atoms with E-state index in [1.807, 2.05) is 16.8 Å². The summed E-state index contributed by atoms with van der Waals surface area (Å²) in [5, 5.41) is 14.8. The highest BCUT2D eigenvalue weighted by molar-refractivity contribution is 6.31. The van der Waals surface area contributed by atoms with Crippen LogP contribution in [0.25, 0.3) is 0 Å². The molecule has 2 fully saturated rings. The number of benzene rings is 1. The molecule has 2 aromatic rings. The summed E-state index contributed by atoms with van der Waals surface area (Å²) < 4.78 is 1.97. The van der Waals surface area contributed by atoms with Crippen molar-refractivity contribution in [3.05, 3.63) is 45.7 Å². The smallest absolute Gasteiger partial charge is 0.356 e. The van der Waals surface area contributed by atoms with E-state index in [2.05, 4.69) is 27.9 Å². The van der Waals surface area contributed by atoms with Crippen molar-refractivity contribution in [2.45, 2.75) is 32.2 Å². The van der Waals surface area contributed by atoms with E-state index in [-0.39, 0.29) is 0 Å². The van der Waals surface area contributed by atoms with Crippen molar-refractivity contribution >= 4 is 23.3 Å². The second-order valence-corrected chi connectivity index (χ2v) is 8.66. The second kappa shape index (κ2) is 6.78. The predicted molar refractivity (Wildman–Crippen MR) is 109 cm³/mol. The molecular weight excluding hydrogens is 376 g/mol. The van der Waals surface area contributed by atoms with Crippen LogP contribution in [0, 0.1) is 12.8 Å². The maximum Gasteiger partial charge on any atom is 0.356 e. The first kappa shape index (κ1) is 18.0. The molecular formula is C21H25ClN4O2. The third-order valence-corrected chi connectivity index (χ3v) is 7.04. The van der Waals surface area contributed by atoms with Crippen LogP contribution in [0.4, 0.5) is 5.69 Å². The van der Waals surface area contributed by atoms with Crippen molar-refractivity contribution in [2.24, 2.45) is 5.92 Å². The van der Waals surface area contributed by atoms with Gasteiger partial charge < -0.3 is 10.0 Å². The van der Waals surface area contributed by atoms with E-state index in [1.165, 1.54) is 11.4 Å². The summed E-state index contributed by atoms with van der Waals surface area (Å²) in [6.07, 6.45) is 2.14. The third kappa shape index (κ3) is 2.99. The molecule has 0 bridgehead atoms. The molecule has 1 saturated heterocycles. The standard InChI is InChI=1S/C21H25ClN4O2/c1-13-16(22)3-2-4-17(13)25-8-5-24(6-9-25)7-10-26-18-12-14-11-15(14)19(18)20(23-26)21(27)28/h2-4,14-15H,5-12H2,1H3,(H,27,28)/t14-,15-/m1/s1. The minimum Gasteiger partial charge on any atom is -0.476 e. The Morgan fingerprint density at radius 2 is 2.04 bits per heavy atom. The van der Waals surface area contributed by atoms with Crippen molar-refractivity contribution in [1.82, 2.24) is 14.7 Å². The Balaban J connectivity index is 1.22. The number of hydrogen-bond donors (Lipinski definition) is 1. The molecule has 0 radical (unpaired) electrons. The summed E-state index contributed by atoms with van der Waals surface area (Å²) >= 11 is 6.27. The van der Waals surface area contributed by atoms with Crippen molar-refractivity contribution in [2.75, 3.05) is 37.6 Å². The van der Waals surface area contributed by atoms with Crippen LogP contribution < -0.4 is 4.90 Å². The van der Waals surface area contributed by atoms with Crippen molar-refractivity contribution in [3.63, 3.8) is 0 Å². The summed E-state index contributed by atoms with van der Waals surface area (Å²) in [5.74, 6) is 0.245. The van der Waals surface area contributed by atoms with E-state index >= 15 is 0 Å². The Morgan fingerprint density at radius 1 is 1.25 bits per heavy atom. The topological polar surface area (TPSA) is 61.6 Å². The SMILES string of the molecule is Cc1c(Cl)cccc1N1CCN(CCn2nc(C(=O)O)c3c2C[C@H]2C[C@@H]32)CC1. The van der Waals surface area contributed by atoms with E-state index < -0.39 is 5.97 Å². The lowest BCUT2D eigenvalue weighted by Gasteiger charge is -2.37. The summed E-state index contributed by atoms with van der Waals surface area (Å²) in [6, 6.07) is 6.09. The highest BCUT2D eigenvalue weighted by Gasteiger charge is 2.50. The average molecular weight is 401 g/mol. The number of aromatic nitrogens is 2. The van der Waals surface area contributed by atoms with E-state index in [0.717, 1.165) is 68.3 Å². The van der Waals surface area contributed by atoms with Crippen LogP contribution in [0.3, 0.4) is 0 Å². The largest absolute Gasteiger partial charge is 0.476 e. The Hall–Kier alpha value is -2.05. The molecule has 28 heavy (non-hydrogen) atoms. The molecule has 3 aliphatic rings. The minimum absolute atomic E-state index is 0.293. The van der Waals surface area contributed by atoms with Crippen LogP contribution in [0.1, 0.15) is 39.6 Å². The van der Waals surface area contributed by atoms with Gasteiger partial charge in [-0.3, -0.25) is 9.58 Å². The molecule has 148 valence electrons. The zero-order chi connectivity index (χ0) is 19.4. The number of carbonyl (C=O) groups is 1. The van der Waals surface area contributed by atoms with Gasteiger partial charge in [0.15, 0.2) is 5.69 Å². The number of nitrogens with zero attached hydrogens (tertiary/aromatic N) is 4. The molecule has 2 aliphatic carbocycles. The fourth-order valence-corrected chi connectivity index (χ4v) is 5.09. The van der Waals surface area contributed by atoms with Crippen molar-refractivity contribution in [1.29, 1.82) is 0 Å². The molecule has 2 heterocycles. The average Bonchev–Trinajstić information content (AvgIpc) is 3.20. The first-order valence-corrected chi connectivity index (χ1v) is 10.5. The van der Waals surface area contributed by atoms with Gasteiger partial charge in [-0.1, -0.05) is 17.7 Å². The molecule has 2 atom stereocenters. The number of hydrogen-bond acceptors (Lipinski definition) is 4. The number of rotatable bonds is 5. The van der Waals surface area contributed by atoms with Crippen LogP contribution >= 0.6 is 11.6 Å². The Labute approximate surface area is 169 Å². The molecule has 1 N–H and O–H groups in total. The van der Waals surface area contributed by atoms with Gasteiger partial charge in [0.1, 0.15) is 0 Å². The first-order chi connectivity index (χ1) is 13.5. The maximum absolute atomic E-state index is 11.6. The van der Waals surface area contributed by atoms with Gasteiger partial charge in [0.05, 0.1) is 6.54 Å². The fraction of sp³-hybridized carbons (Fsp3) is 0.524. The summed E-state index contributed by atoms with van der Waals surface area (Å²) in [4.78, 5) is 16.4. The summed E-state index contributed by atoms with van der Waals surface area (Å²) in [7, 11) is 0. The van der Waals surface area contributed by atoms with E-state index in [4.69, 9.17) is 11.6 Å². The normalized spacial score (nSPS) is 23.6. The van der Waals surface area contributed by atoms with Crippen LogP contribution in [-0.2, 0) is 13.0 Å². The maximum atomic E-state index is 11.6. The molecule has 1 aromatic heterocycles. The van der Waals surface area contributed by atoms with Crippen LogP contribution in [0.5, 0.6) is 0 Å². The summed E-state index contributed by atoms with van der Waals surface area (Å²) in [5.41, 5.74) is 4.86. The van der Waals surface area contributed by atoms with Crippen molar-refractivity contribution in [3.8, 4) is 0 Å². The second-order valence-electron chi connectivity index (χ2n) is 8.26. The zero-order valence-electron chi connectivity index (χ0n) is 16.1. The number of piperazine rings is 1. The highest BCUT2D eigenvalue weighted by atomic mass is 35.5. The van der Waals surface area contributed by atoms with Crippen molar-refractivity contribution < 1.29 is 9.90 Å². The molecule has 0 spiro atoms. The van der Waals surface area contributed by atoms with Gasteiger partial charge in [-0.05, 0) is 49.3 Å². The Morgan fingerprint density at radius 3 is 2.79 bits per heavy atom. The quantitative estimate of drug-likeness (QED) is 0.835. The monoisotopic (exact) mass is 400 g/mol. The number of halogens is 1. The van der Waals surface area contributed by atoms with Gasteiger partial charge >= 0.3 is 5.97 Å². The van der Waals surface area contributed by atoms with Gasteiger partial charge in [-0.15, -0.1) is 0 Å². The van der Waals surface area contributed by atoms with E-state index in [0.29, 0.717) is 17.5 Å². The predicted octanol–water partition coefficient (Wildman–Crippen LogP) is 3.02. The van der Waals surface area contributed by atoms with Crippen LogP contribution in [-0.4, -0.2) is 58.5 Å². The minimum atomic E-state index is -0.881. The van der Waals surface area contributed by atoms with Gasteiger partial charge in [-0.2, -0.15) is 5.10 Å². The number of anilines is 1. The Bertz CT molecular complexity index is 933. The molecule has 7 heteroatoms. The Kier molecular flexibility index (Phi) is 4.36. The van der Waals surface area contributed by atoms with Gasteiger partial charge in [0.25, 0.3) is 0 Å². The lowest BCUT2D eigenvalue weighted by Crippen LogP contribution is -2.47. The van der Waals surface area contributed by atoms with E-state index in [1.54, 1.807) is 0 Å². The number of carboxylic acids is 1. The molecule has 1 aromatic carbocycles. The molecule has 0 amide bonds. The molecule has 1 saturated carbocycles. The van der Waals surface area contributed by atoms with Gasteiger partial charge in [0, 0.05) is 54.7 Å². The third-order valence-electron chi connectivity index (χ3n) is 6.63. The molecule has 5 rings (SSSR count). The molecule has 0 unspecified atom stereocenters. The zero-order valence-corrected chi connectivity index (χ0v) is 16.8. The lowest BCUT2D eigenvalue weighted by molar-refractivity contribution is 0.0688. The fourth-order valence-electron chi connectivity index (χ4n) is 4.92. The first-order valence-electron chi connectivity index (χ1n) is 10.1. The number of aromatic carboxylic acids is 1. The number of fused-ring (bicyclic) bond motifs is 3. The number of carboxylic acid groups (broad SMARTS) is 1. The van der Waals surface area contributed by atoms with Gasteiger partial charge in [0.2, 0.25) is 0 Å². The van der Waals surface area contributed by atoms with Crippen LogP contribution in [0.15, 0.2) is 18.2 Å². The van der Waals surface area contributed by atoms with Gasteiger partial charge in [-0.25, -0.2) is 4.79 Å². The van der Waals surface area contributed by atoms with Crippen LogP contribution in [0.2, 0.25) is 5.02 Å². The van der Waals surface area contributed by atoms with E-state index in [9.17, 15) is 9.90 Å². The molecule has 6 nitrogen and oxygen atoms in total. The summed E-state index contributed by atoms with van der Waals surface area (Å²) in [6.45, 7) is 7.69. The highest BCUT2D eigenvalue weighted by Crippen LogP contribution is 2.57. The lowest BCUT2D eigenvalue weighted by atomic mass is 10.1. The molecule has 1 aliphatic heterocycles.